The summed E-state index contributed by atoms with van der Waals surface area (Å²) in [7, 11) is 0. The highest BCUT2D eigenvalue weighted by Crippen LogP contribution is 2.30. The second-order valence-corrected chi connectivity index (χ2v) is 11.4. The molecule has 3 aromatic rings. The first-order valence-corrected chi connectivity index (χ1v) is 14.2. The molecule has 9 nitrogen and oxygen atoms in total. The predicted octanol–water partition coefficient (Wildman–Crippen LogP) is 6.10. The zero-order valence-corrected chi connectivity index (χ0v) is 24.3. The van der Waals surface area contributed by atoms with Crippen LogP contribution in [0.2, 0.25) is 5.15 Å². The topological polar surface area (TPSA) is 107 Å². The smallest absolute Gasteiger partial charge is 0.410 e. The quantitative estimate of drug-likeness (QED) is 0.126. The molecule has 2 heterocycles. The van der Waals surface area contributed by atoms with Crippen molar-refractivity contribution in [2.45, 2.75) is 50.9 Å². The molecule has 0 spiro atoms. The van der Waals surface area contributed by atoms with Crippen molar-refractivity contribution in [2.75, 3.05) is 36.2 Å². The van der Waals surface area contributed by atoms with Crippen molar-refractivity contribution in [1.82, 2.24) is 14.9 Å². The van der Waals surface area contributed by atoms with E-state index in [-0.39, 0.29) is 17.6 Å². The molecular formula is C28H32ClN7O2S. The highest BCUT2D eigenvalue weighted by Gasteiger charge is 2.34. The summed E-state index contributed by atoms with van der Waals surface area (Å²) >= 11 is 8.02. The first kappa shape index (κ1) is 28.5. The number of ether oxygens (including phenoxy) is 1. The Kier molecular flexibility index (Phi) is 8.83. The molecule has 4 rings (SSSR count). The number of fused-ring (bicyclic) bond motifs is 1. The van der Waals surface area contributed by atoms with Gasteiger partial charge in [-0.1, -0.05) is 53.7 Å². The van der Waals surface area contributed by atoms with E-state index in [1.165, 1.54) is 11.8 Å². The maximum absolute atomic E-state index is 12.9. The van der Waals surface area contributed by atoms with Gasteiger partial charge in [-0.2, -0.15) is 10.4 Å². The van der Waals surface area contributed by atoms with Crippen LogP contribution in [0.4, 0.5) is 16.3 Å². The number of aryl methyl sites for hydroxylation is 1. The van der Waals surface area contributed by atoms with E-state index in [4.69, 9.17) is 21.3 Å². The minimum Gasteiger partial charge on any atom is -0.444 e. The van der Waals surface area contributed by atoms with Gasteiger partial charge in [-0.25, -0.2) is 14.8 Å². The Morgan fingerprint density at radius 1 is 1.28 bits per heavy atom. The summed E-state index contributed by atoms with van der Waals surface area (Å²) in [6.45, 7) is 8.80. The number of aromatic nitrogens is 2. The Morgan fingerprint density at radius 3 is 2.72 bits per heavy atom. The number of thioether (sulfide) groups is 1. The van der Waals surface area contributed by atoms with Crippen molar-refractivity contribution >= 4 is 57.9 Å². The van der Waals surface area contributed by atoms with Crippen LogP contribution < -0.4 is 10.3 Å². The SMILES string of the molecule is CSc1nc(Cl)c(/C=N/Nc2cccc3cccc(C)c23)c(N2CCN(C(=O)OC(C)(C)C)C(CC#N)C2)n1. The molecule has 0 saturated carbocycles. The number of hydrazone groups is 1. The van der Waals surface area contributed by atoms with Gasteiger partial charge in [0.25, 0.3) is 0 Å². The van der Waals surface area contributed by atoms with Crippen LogP contribution in [0.3, 0.4) is 0 Å². The molecule has 1 saturated heterocycles. The van der Waals surface area contributed by atoms with Gasteiger partial charge in [0.05, 0.1) is 36.0 Å². The van der Waals surface area contributed by atoms with Crippen LogP contribution in [0.1, 0.15) is 38.3 Å². The summed E-state index contributed by atoms with van der Waals surface area (Å²) in [6, 6.07) is 14.0. The second-order valence-electron chi connectivity index (χ2n) is 10.2. The average Bonchev–Trinajstić information content (AvgIpc) is 2.88. The zero-order chi connectivity index (χ0) is 28.2. The highest BCUT2D eigenvalue weighted by molar-refractivity contribution is 7.98. The molecule has 204 valence electrons. The van der Waals surface area contributed by atoms with Crippen LogP contribution in [-0.4, -0.2) is 64.7 Å². The van der Waals surface area contributed by atoms with E-state index in [0.29, 0.717) is 36.2 Å². The molecule has 1 N–H and O–H groups in total. The largest absolute Gasteiger partial charge is 0.444 e. The lowest BCUT2D eigenvalue weighted by atomic mass is 10.0. The van der Waals surface area contributed by atoms with Crippen molar-refractivity contribution in [1.29, 1.82) is 5.26 Å². The van der Waals surface area contributed by atoms with Crippen LogP contribution in [0.25, 0.3) is 10.8 Å². The van der Waals surface area contributed by atoms with Gasteiger partial charge >= 0.3 is 6.09 Å². The molecule has 11 heteroatoms. The van der Waals surface area contributed by atoms with Crippen molar-refractivity contribution in [3.05, 3.63) is 52.7 Å². The van der Waals surface area contributed by atoms with Gasteiger partial charge in [0.2, 0.25) is 0 Å². The van der Waals surface area contributed by atoms with E-state index >= 15 is 0 Å². The number of carbonyl (C=O) groups is 1. The number of nitrogens with one attached hydrogen (secondary N) is 1. The molecule has 1 fully saturated rings. The number of hydrogen-bond acceptors (Lipinski definition) is 9. The van der Waals surface area contributed by atoms with E-state index in [1.807, 2.05) is 50.1 Å². The van der Waals surface area contributed by atoms with Crippen molar-refractivity contribution in [3.63, 3.8) is 0 Å². The molecule has 0 aliphatic carbocycles. The predicted molar refractivity (Wildman–Crippen MR) is 158 cm³/mol. The molecule has 0 bridgehead atoms. The molecule has 1 aromatic heterocycles. The van der Waals surface area contributed by atoms with Crippen molar-refractivity contribution < 1.29 is 9.53 Å². The number of hydrogen-bond donors (Lipinski definition) is 1. The second kappa shape index (κ2) is 12.1. The fraction of sp³-hybridized carbons (Fsp3) is 0.393. The first-order chi connectivity index (χ1) is 18.6. The van der Waals surface area contributed by atoms with Crippen LogP contribution in [0.5, 0.6) is 0 Å². The molecule has 2 aromatic carbocycles. The minimum atomic E-state index is -0.627. The summed E-state index contributed by atoms with van der Waals surface area (Å²) in [5, 5.41) is 17.0. The summed E-state index contributed by atoms with van der Waals surface area (Å²) < 4.78 is 5.59. The molecule has 1 atom stereocenters. The van der Waals surface area contributed by atoms with E-state index in [1.54, 1.807) is 11.1 Å². The molecular weight excluding hydrogens is 534 g/mol. The molecule has 1 amide bonds. The lowest BCUT2D eigenvalue weighted by molar-refractivity contribution is 0.0145. The van der Waals surface area contributed by atoms with Crippen molar-refractivity contribution in [3.8, 4) is 6.07 Å². The highest BCUT2D eigenvalue weighted by atomic mass is 35.5. The van der Waals surface area contributed by atoms with E-state index < -0.39 is 11.7 Å². The number of anilines is 2. The number of nitrogens with zero attached hydrogens (tertiary/aromatic N) is 6. The Hall–Kier alpha value is -3.55. The third-order valence-electron chi connectivity index (χ3n) is 6.27. The van der Waals surface area contributed by atoms with E-state index in [2.05, 4.69) is 46.7 Å². The van der Waals surface area contributed by atoms with Crippen LogP contribution in [0.15, 0.2) is 46.7 Å². The maximum Gasteiger partial charge on any atom is 0.410 e. The van der Waals surface area contributed by atoms with E-state index in [9.17, 15) is 10.1 Å². The molecule has 1 aliphatic rings. The normalized spacial score (nSPS) is 16.0. The fourth-order valence-electron chi connectivity index (χ4n) is 4.53. The number of halogens is 1. The Labute approximate surface area is 238 Å². The van der Waals surface area contributed by atoms with Crippen LogP contribution >= 0.6 is 23.4 Å². The summed E-state index contributed by atoms with van der Waals surface area (Å²) in [4.78, 5) is 25.7. The third-order valence-corrected chi connectivity index (χ3v) is 7.11. The van der Waals surface area contributed by atoms with Gasteiger partial charge in [-0.15, -0.1) is 0 Å². The van der Waals surface area contributed by atoms with Gasteiger partial charge in [-0.05, 0) is 51.0 Å². The molecule has 0 radical (unpaired) electrons. The van der Waals surface area contributed by atoms with Crippen molar-refractivity contribution in [2.24, 2.45) is 5.10 Å². The zero-order valence-electron chi connectivity index (χ0n) is 22.7. The fourth-order valence-corrected chi connectivity index (χ4v) is 5.16. The number of piperazine rings is 1. The number of amides is 1. The lowest BCUT2D eigenvalue weighted by Gasteiger charge is -2.41. The van der Waals surface area contributed by atoms with Gasteiger partial charge in [0, 0.05) is 25.0 Å². The number of benzene rings is 2. The van der Waals surface area contributed by atoms with Crippen LogP contribution in [-0.2, 0) is 4.74 Å². The standard InChI is InChI=1S/C28H32ClN7O2S/c1-18-8-6-9-19-10-7-11-22(23(18)19)34-31-16-21-24(29)32-26(39-5)33-25(21)35-14-15-36(20(17-35)12-13-30)27(37)38-28(2,3)4/h6-11,16,20,34H,12,14-15,17H2,1-5H3/b31-16+. The van der Waals surface area contributed by atoms with Gasteiger partial charge in [0.1, 0.15) is 16.6 Å². The maximum atomic E-state index is 12.9. The summed E-state index contributed by atoms with van der Waals surface area (Å²) in [5.74, 6) is 0.603. The molecule has 1 aliphatic heterocycles. The third kappa shape index (κ3) is 6.72. The Bertz CT molecular complexity index is 1430. The minimum absolute atomic E-state index is 0.162. The average molecular weight is 566 g/mol. The number of rotatable bonds is 6. The number of carbonyl (C=O) groups excluding carboxylic acids is 1. The summed E-state index contributed by atoms with van der Waals surface area (Å²) in [6.07, 6.45) is 3.24. The lowest BCUT2D eigenvalue weighted by Crippen LogP contribution is -2.56. The van der Waals surface area contributed by atoms with Gasteiger partial charge in [0.15, 0.2) is 5.16 Å². The van der Waals surface area contributed by atoms with Gasteiger partial charge in [-0.3, -0.25) is 5.43 Å². The van der Waals surface area contributed by atoms with Gasteiger partial charge < -0.3 is 14.5 Å². The Balaban J connectivity index is 1.63. The first-order valence-electron chi connectivity index (χ1n) is 12.6. The monoisotopic (exact) mass is 565 g/mol. The number of nitriles is 1. The summed E-state index contributed by atoms with van der Waals surface area (Å²) in [5.41, 5.74) is 5.10. The molecule has 39 heavy (non-hydrogen) atoms. The van der Waals surface area contributed by atoms with E-state index in [0.717, 1.165) is 22.0 Å². The van der Waals surface area contributed by atoms with Crippen LogP contribution in [0, 0.1) is 18.3 Å². The Morgan fingerprint density at radius 2 is 2.03 bits per heavy atom. The molecule has 1 unspecified atom stereocenters.